The van der Waals surface area contributed by atoms with Crippen molar-refractivity contribution in [2.75, 3.05) is 22.2 Å². The molecule has 172 valence electrons. The Labute approximate surface area is 185 Å². The molecule has 1 aliphatic carbocycles. The van der Waals surface area contributed by atoms with Gasteiger partial charge >= 0.3 is 10.2 Å². The number of pyridine rings is 1. The van der Waals surface area contributed by atoms with Gasteiger partial charge in [0, 0.05) is 38.0 Å². The quantitative estimate of drug-likeness (QED) is 0.680. The van der Waals surface area contributed by atoms with Gasteiger partial charge < -0.3 is 10.4 Å². The molecule has 0 radical (unpaired) electrons. The van der Waals surface area contributed by atoms with E-state index in [9.17, 15) is 27.1 Å². The van der Waals surface area contributed by atoms with Crippen LogP contribution in [-0.2, 0) is 21.5 Å². The lowest BCUT2D eigenvalue weighted by Crippen LogP contribution is -2.37. The molecule has 2 aliphatic rings. The van der Waals surface area contributed by atoms with Crippen LogP contribution in [0.3, 0.4) is 0 Å². The molecule has 2 unspecified atom stereocenters. The number of anilines is 2. The number of amides is 1. The van der Waals surface area contributed by atoms with Gasteiger partial charge in [-0.3, -0.25) is 4.79 Å². The topological polar surface area (TPSA) is 103 Å². The van der Waals surface area contributed by atoms with Gasteiger partial charge in [-0.15, -0.1) is 0 Å². The van der Waals surface area contributed by atoms with Crippen molar-refractivity contribution in [3.63, 3.8) is 0 Å². The maximum atomic E-state index is 13.4. The second-order valence-electron chi connectivity index (χ2n) is 8.25. The third kappa shape index (κ3) is 3.90. The highest BCUT2D eigenvalue weighted by molar-refractivity contribution is 7.94. The Morgan fingerprint density at radius 1 is 1.34 bits per heavy atom. The molecule has 0 saturated heterocycles. The van der Waals surface area contributed by atoms with Gasteiger partial charge in [0.2, 0.25) is 5.91 Å². The fourth-order valence-corrected chi connectivity index (χ4v) is 5.06. The van der Waals surface area contributed by atoms with Crippen molar-refractivity contribution < 1.29 is 27.1 Å². The Morgan fingerprint density at radius 3 is 2.66 bits per heavy atom. The highest BCUT2D eigenvalue weighted by Crippen LogP contribution is 2.51. The van der Waals surface area contributed by atoms with E-state index in [2.05, 4.69) is 10.3 Å². The Bertz CT molecular complexity index is 1190. The van der Waals surface area contributed by atoms with Gasteiger partial charge in [0.1, 0.15) is 6.10 Å². The highest BCUT2D eigenvalue weighted by atomic mass is 32.2. The number of rotatable bonds is 6. The van der Waals surface area contributed by atoms with Crippen molar-refractivity contribution in [3.8, 4) is 11.3 Å². The van der Waals surface area contributed by atoms with Crippen molar-refractivity contribution in [3.05, 3.63) is 41.5 Å². The molecule has 2 atom stereocenters. The van der Waals surface area contributed by atoms with Crippen LogP contribution in [0.5, 0.6) is 0 Å². The zero-order valence-electron chi connectivity index (χ0n) is 17.8. The van der Waals surface area contributed by atoms with Gasteiger partial charge in [-0.05, 0) is 43.2 Å². The number of carbonyl (C=O) groups is 1. The summed E-state index contributed by atoms with van der Waals surface area (Å²) in [7, 11) is -2.62. The van der Waals surface area contributed by atoms with Gasteiger partial charge in [0.05, 0.1) is 11.4 Å². The number of aliphatic hydroxyl groups is 1. The summed E-state index contributed by atoms with van der Waals surface area (Å²) < 4.78 is 54.4. The normalized spacial score (nSPS) is 21.2. The molecule has 4 rings (SSSR count). The summed E-state index contributed by atoms with van der Waals surface area (Å²) in [5.74, 6) is -4.13. The van der Waals surface area contributed by atoms with Crippen molar-refractivity contribution in [1.82, 2.24) is 10.3 Å². The summed E-state index contributed by atoms with van der Waals surface area (Å²) in [6, 6.07) is 8.77. The summed E-state index contributed by atoms with van der Waals surface area (Å²) >= 11 is 0. The first-order valence-electron chi connectivity index (χ1n) is 10.1. The molecule has 0 bridgehead atoms. The standard InChI is InChI=1S/C21H24F2N4O4S/c1-12-4-5-14(10-24-20(29)13(2)28)8-16(12)17-6-7-18-19(25-17)26(3)32(30,31)27(18)11-15-9-21(15,22)23/h4-8,13,15,28H,9-11H2,1-3H3,(H,24,29). The number of benzene rings is 1. The predicted molar refractivity (Wildman–Crippen MR) is 116 cm³/mol. The van der Waals surface area contributed by atoms with E-state index in [1.165, 1.54) is 14.0 Å². The zero-order chi connectivity index (χ0) is 23.4. The van der Waals surface area contributed by atoms with Crippen molar-refractivity contribution in [2.45, 2.75) is 38.8 Å². The number of nitrogens with zero attached hydrogens (tertiary/aromatic N) is 3. The lowest BCUT2D eigenvalue weighted by Gasteiger charge is -2.18. The number of aliphatic hydroxyl groups excluding tert-OH is 1. The Kier molecular flexibility index (Phi) is 5.36. The molecule has 2 N–H and O–H groups in total. The van der Waals surface area contributed by atoms with Crippen LogP contribution in [-0.4, -0.2) is 50.0 Å². The summed E-state index contributed by atoms with van der Waals surface area (Å²) in [5.41, 5.74) is 3.21. The van der Waals surface area contributed by atoms with E-state index in [0.29, 0.717) is 5.69 Å². The summed E-state index contributed by atoms with van der Waals surface area (Å²) in [5, 5.41) is 11.9. The number of hydrogen-bond acceptors (Lipinski definition) is 5. The molecule has 1 saturated carbocycles. The van der Waals surface area contributed by atoms with E-state index in [1.807, 2.05) is 25.1 Å². The number of fused-ring (bicyclic) bond motifs is 1. The molecule has 8 nitrogen and oxygen atoms in total. The fourth-order valence-electron chi connectivity index (χ4n) is 3.65. The van der Waals surface area contributed by atoms with Gasteiger partial charge in [-0.1, -0.05) is 12.1 Å². The first-order chi connectivity index (χ1) is 14.9. The van der Waals surface area contributed by atoms with Crippen LogP contribution >= 0.6 is 0 Å². The lowest BCUT2D eigenvalue weighted by atomic mass is 10.0. The molecule has 1 fully saturated rings. The van der Waals surface area contributed by atoms with Gasteiger partial charge in [-0.2, -0.15) is 8.42 Å². The molecule has 1 aromatic carbocycles. The SMILES string of the molecule is Cc1ccc(CNC(=O)C(C)O)cc1-c1ccc2c(n1)N(C)S(=O)(=O)N2CC1CC1(F)F. The largest absolute Gasteiger partial charge is 0.384 e. The first-order valence-corrected chi connectivity index (χ1v) is 11.5. The number of aryl methyl sites for hydroxylation is 1. The van der Waals surface area contributed by atoms with Crippen LogP contribution in [0.1, 0.15) is 24.5 Å². The lowest BCUT2D eigenvalue weighted by molar-refractivity contribution is -0.128. The molecule has 1 amide bonds. The summed E-state index contributed by atoms with van der Waals surface area (Å²) in [4.78, 5) is 16.2. The number of hydrogen-bond donors (Lipinski definition) is 2. The number of nitrogens with one attached hydrogen (secondary N) is 1. The third-order valence-electron chi connectivity index (χ3n) is 5.81. The molecule has 11 heteroatoms. The van der Waals surface area contributed by atoms with Crippen LogP contribution < -0.4 is 13.9 Å². The van der Waals surface area contributed by atoms with Crippen LogP contribution in [0.15, 0.2) is 30.3 Å². The Hall–Kier alpha value is -2.79. The predicted octanol–water partition coefficient (Wildman–Crippen LogP) is 2.21. The number of aromatic nitrogens is 1. The average Bonchev–Trinajstić information content (AvgIpc) is 3.30. The van der Waals surface area contributed by atoms with E-state index >= 15 is 0 Å². The maximum Gasteiger partial charge on any atom is 0.327 e. The van der Waals surface area contributed by atoms with E-state index in [1.54, 1.807) is 12.1 Å². The van der Waals surface area contributed by atoms with Crippen molar-refractivity contribution in [2.24, 2.45) is 5.92 Å². The molecule has 32 heavy (non-hydrogen) atoms. The van der Waals surface area contributed by atoms with Gasteiger partial charge in [0.25, 0.3) is 5.92 Å². The molecular formula is C21H24F2N4O4S. The highest BCUT2D eigenvalue weighted by Gasteiger charge is 2.59. The fraction of sp³-hybridized carbons (Fsp3) is 0.429. The monoisotopic (exact) mass is 466 g/mol. The minimum atomic E-state index is -3.97. The maximum absolute atomic E-state index is 13.4. The minimum Gasteiger partial charge on any atom is -0.384 e. The van der Waals surface area contributed by atoms with Gasteiger partial charge in [-0.25, -0.2) is 22.4 Å². The Morgan fingerprint density at radius 2 is 2.03 bits per heavy atom. The van der Waals surface area contributed by atoms with Crippen molar-refractivity contribution in [1.29, 1.82) is 0 Å². The third-order valence-corrected chi connectivity index (χ3v) is 7.58. The molecule has 2 aromatic rings. The van der Waals surface area contributed by atoms with Crippen LogP contribution in [0.4, 0.5) is 20.3 Å². The van der Waals surface area contributed by atoms with E-state index in [-0.39, 0.29) is 31.0 Å². The molecule has 0 spiro atoms. The molecule has 1 aromatic heterocycles. The second kappa shape index (κ2) is 7.66. The van der Waals surface area contributed by atoms with Crippen molar-refractivity contribution >= 4 is 27.6 Å². The molecule has 2 heterocycles. The summed E-state index contributed by atoms with van der Waals surface area (Å²) in [6.07, 6.45) is -1.43. The van der Waals surface area contributed by atoms with Crippen LogP contribution in [0, 0.1) is 12.8 Å². The summed E-state index contributed by atoms with van der Waals surface area (Å²) in [6.45, 7) is 3.18. The second-order valence-corrected chi connectivity index (χ2v) is 10.1. The first kappa shape index (κ1) is 22.4. The molecule has 1 aliphatic heterocycles. The number of alkyl halides is 2. The smallest absolute Gasteiger partial charge is 0.327 e. The zero-order valence-corrected chi connectivity index (χ0v) is 18.7. The molecular weight excluding hydrogens is 442 g/mol. The van der Waals surface area contributed by atoms with E-state index in [0.717, 1.165) is 25.3 Å². The Balaban J connectivity index is 1.64. The average molecular weight is 467 g/mol. The number of halogens is 2. The van der Waals surface area contributed by atoms with Crippen LogP contribution in [0.25, 0.3) is 11.3 Å². The van der Waals surface area contributed by atoms with E-state index in [4.69, 9.17) is 0 Å². The number of carbonyl (C=O) groups excluding carboxylic acids is 1. The van der Waals surface area contributed by atoms with E-state index < -0.39 is 34.1 Å². The van der Waals surface area contributed by atoms with Gasteiger partial charge in [0.15, 0.2) is 5.82 Å². The minimum absolute atomic E-state index is 0.179. The van der Waals surface area contributed by atoms with Crippen LogP contribution in [0.2, 0.25) is 0 Å².